The molecule has 198 valence electrons. The summed E-state index contributed by atoms with van der Waals surface area (Å²) in [6.07, 6.45) is 1.38. The van der Waals surface area contributed by atoms with E-state index in [-0.39, 0.29) is 29.9 Å². The van der Waals surface area contributed by atoms with Crippen LogP contribution in [0.2, 0.25) is 18.6 Å². The molecule has 0 radical (unpaired) electrons. The highest BCUT2D eigenvalue weighted by Crippen LogP contribution is 2.60. The highest BCUT2D eigenvalue weighted by atomic mass is 28.4. The van der Waals surface area contributed by atoms with Crippen molar-refractivity contribution in [1.82, 2.24) is 0 Å². The molecule has 2 N–H and O–H groups in total. The van der Waals surface area contributed by atoms with E-state index in [4.69, 9.17) is 9.47 Å². The Bertz CT molecular complexity index is 1200. The average molecular weight is 525 g/mol. The van der Waals surface area contributed by atoms with Gasteiger partial charge >= 0.3 is 0 Å². The molecule has 0 saturated carbocycles. The molecule has 9 heteroatoms. The summed E-state index contributed by atoms with van der Waals surface area (Å²) in [5.74, 6) is 0.321. The molecule has 0 unspecified atom stereocenters. The van der Waals surface area contributed by atoms with Crippen molar-refractivity contribution < 1.29 is 29.0 Å². The van der Waals surface area contributed by atoms with Crippen LogP contribution >= 0.6 is 0 Å². The molecule has 2 fully saturated rings. The van der Waals surface area contributed by atoms with Crippen molar-refractivity contribution in [3.63, 3.8) is 0 Å². The van der Waals surface area contributed by atoms with Gasteiger partial charge in [0.15, 0.2) is 13.9 Å². The molecular formula is C28H36N2O6Si. The molecular weight excluding hydrogens is 488 g/mol. The Kier molecular flexibility index (Phi) is 6.68. The van der Waals surface area contributed by atoms with Gasteiger partial charge in [-0.25, -0.2) is 0 Å². The van der Waals surface area contributed by atoms with Gasteiger partial charge in [0, 0.05) is 42.3 Å². The van der Waals surface area contributed by atoms with Crippen molar-refractivity contribution in [1.29, 1.82) is 0 Å². The average Bonchev–Trinajstić information content (AvgIpc) is 3.49. The van der Waals surface area contributed by atoms with Gasteiger partial charge in [-0.05, 0) is 61.8 Å². The summed E-state index contributed by atoms with van der Waals surface area (Å²) in [5, 5.41) is 9.75. The number of methoxy groups -OCH3 is 1. The lowest BCUT2D eigenvalue weighted by Crippen LogP contribution is -2.46. The molecule has 1 spiro atoms. The first-order chi connectivity index (χ1) is 17.6. The second-order valence-electron chi connectivity index (χ2n) is 11.0. The van der Waals surface area contributed by atoms with Crippen molar-refractivity contribution in [2.75, 3.05) is 30.1 Å². The van der Waals surface area contributed by atoms with Crippen LogP contribution in [0.15, 0.2) is 42.5 Å². The van der Waals surface area contributed by atoms with Crippen molar-refractivity contribution in [2.24, 2.45) is 5.92 Å². The highest BCUT2D eigenvalue weighted by molar-refractivity contribution is 6.71. The summed E-state index contributed by atoms with van der Waals surface area (Å²) in [6.45, 7) is 6.73. The van der Waals surface area contributed by atoms with E-state index in [2.05, 4.69) is 0 Å². The van der Waals surface area contributed by atoms with E-state index in [0.29, 0.717) is 25.1 Å². The molecule has 0 aliphatic carbocycles. The normalized spacial score (nSPS) is 27.5. The fraction of sp³-hybridized carbons (Fsp3) is 0.500. The SMILES string of the molecule is COc1ccc2c(c1)[C@]1(O[C@@H](CCO)[C@H]([Si](C)(C)O)[C@H]1C)C(=O)N2Cc1ccc(N2CCCC2=O)cc1. The van der Waals surface area contributed by atoms with Crippen molar-refractivity contribution in [3.05, 3.63) is 53.6 Å². The number of hydrogen-bond acceptors (Lipinski definition) is 6. The van der Waals surface area contributed by atoms with Gasteiger partial charge in [0.1, 0.15) is 5.75 Å². The van der Waals surface area contributed by atoms with Crippen LogP contribution in [0, 0.1) is 5.92 Å². The maximum absolute atomic E-state index is 14.3. The smallest absolute Gasteiger partial charge is 0.264 e. The summed E-state index contributed by atoms with van der Waals surface area (Å²) in [6, 6.07) is 13.4. The number of aliphatic hydroxyl groups excluding tert-OH is 1. The molecule has 3 aliphatic heterocycles. The van der Waals surface area contributed by atoms with Gasteiger partial charge in [0.05, 0.1) is 25.4 Å². The van der Waals surface area contributed by atoms with Gasteiger partial charge in [-0.15, -0.1) is 0 Å². The Morgan fingerprint density at radius 1 is 1.16 bits per heavy atom. The van der Waals surface area contributed by atoms with Gasteiger partial charge in [0.25, 0.3) is 5.91 Å². The number of benzene rings is 2. The summed E-state index contributed by atoms with van der Waals surface area (Å²) < 4.78 is 12.1. The zero-order valence-corrected chi connectivity index (χ0v) is 22.9. The third-order valence-corrected chi connectivity index (χ3v) is 10.8. The van der Waals surface area contributed by atoms with Crippen molar-refractivity contribution >= 4 is 31.5 Å². The number of aliphatic hydroxyl groups is 1. The minimum atomic E-state index is -2.75. The third-order valence-electron chi connectivity index (χ3n) is 8.27. The monoisotopic (exact) mass is 524 g/mol. The first kappa shape index (κ1) is 25.9. The summed E-state index contributed by atoms with van der Waals surface area (Å²) in [4.78, 5) is 41.2. The quantitative estimate of drug-likeness (QED) is 0.538. The van der Waals surface area contributed by atoms with E-state index >= 15 is 0 Å². The molecule has 5 rings (SSSR count). The van der Waals surface area contributed by atoms with Gasteiger partial charge < -0.3 is 29.2 Å². The number of carbonyl (C=O) groups is 2. The molecule has 3 heterocycles. The van der Waals surface area contributed by atoms with Crippen LogP contribution in [0.5, 0.6) is 5.75 Å². The van der Waals surface area contributed by atoms with Gasteiger partial charge in [-0.2, -0.15) is 0 Å². The zero-order chi connectivity index (χ0) is 26.5. The molecule has 0 bridgehead atoms. The molecule has 2 saturated heterocycles. The predicted molar refractivity (Wildman–Crippen MR) is 143 cm³/mol. The largest absolute Gasteiger partial charge is 0.497 e. The van der Waals surface area contributed by atoms with E-state index in [1.165, 1.54) is 0 Å². The first-order valence-corrected chi connectivity index (χ1v) is 16.0. The topological polar surface area (TPSA) is 99.5 Å². The molecule has 4 atom stereocenters. The molecule has 0 aromatic heterocycles. The van der Waals surface area contributed by atoms with E-state index in [1.807, 2.05) is 62.5 Å². The maximum atomic E-state index is 14.3. The second-order valence-corrected chi connectivity index (χ2v) is 14.9. The van der Waals surface area contributed by atoms with Crippen LogP contribution < -0.4 is 14.5 Å². The van der Waals surface area contributed by atoms with Crippen molar-refractivity contribution in [2.45, 2.75) is 63.1 Å². The predicted octanol–water partition coefficient (Wildman–Crippen LogP) is 3.55. The first-order valence-electron chi connectivity index (χ1n) is 13.0. The van der Waals surface area contributed by atoms with Crippen LogP contribution in [0.3, 0.4) is 0 Å². The Hall–Kier alpha value is -2.72. The summed E-state index contributed by atoms with van der Waals surface area (Å²) in [5.41, 5.74) is 1.83. The molecule has 37 heavy (non-hydrogen) atoms. The summed E-state index contributed by atoms with van der Waals surface area (Å²) >= 11 is 0. The number of hydrogen-bond donors (Lipinski definition) is 2. The lowest BCUT2D eigenvalue weighted by atomic mass is 9.82. The molecule has 2 aromatic rings. The number of amides is 2. The fourth-order valence-corrected chi connectivity index (χ4v) is 9.23. The number of rotatable bonds is 7. The lowest BCUT2D eigenvalue weighted by Gasteiger charge is -2.32. The number of fused-ring (bicyclic) bond motifs is 2. The summed E-state index contributed by atoms with van der Waals surface area (Å²) in [7, 11) is -1.15. The maximum Gasteiger partial charge on any atom is 0.264 e. The third kappa shape index (κ3) is 4.18. The number of anilines is 2. The standard InChI is InChI=1S/C28H36N2O6Si/c1-18-26(37(3,4)34)24(13-15-31)36-28(18)22-16-21(35-2)11-12-23(22)30(27(28)33)17-19-7-9-20(10-8-19)29-14-5-6-25(29)32/h7-12,16,18,24,26,31,34H,5-6,13-15,17H2,1-4H3/t18-,24+,26-,28+/m1/s1. The number of carbonyl (C=O) groups excluding carboxylic acids is 2. The zero-order valence-electron chi connectivity index (χ0n) is 21.9. The minimum absolute atomic E-state index is 0.0802. The molecule has 8 nitrogen and oxygen atoms in total. The molecule has 2 amide bonds. The van der Waals surface area contributed by atoms with Crippen LogP contribution in [0.1, 0.15) is 37.3 Å². The molecule has 3 aliphatic rings. The second kappa shape index (κ2) is 9.54. The highest BCUT2D eigenvalue weighted by Gasteiger charge is 2.66. The Morgan fingerprint density at radius 2 is 1.89 bits per heavy atom. The Morgan fingerprint density at radius 3 is 2.49 bits per heavy atom. The van der Waals surface area contributed by atoms with E-state index < -0.39 is 20.0 Å². The van der Waals surface area contributed by atoms with Crippen LogP contribution in [-0.4, -0.2) is 56.4 Å². The van der Waals surface area contributed by atoms with E-state index in [9.17, 15) is 19.5 Å². The Balaban J connectivity index is 1.52. The number of nitrogens with zero attached hydrogens (tertiary/aromatic N) is 2. The van der Waals surface area contributed by atoms with Crippen LogP contribution in [-0.2, 0) is 26.5 Å². The van der Waals surface area contributed by atoms with Crippen LogP contribution in [0.4, 0.5) is 11.4 Å². The van der Waals surface area contributed by atoms with Gasteiger partial charge in [-0.3, -0.25) is 9.59 Å². The van der Waals surface area contributed by atoms with E-state index in [1.54, 1.807) is 16.9 Å². The van der Waals surface area contributed by atoms with Gasteiger partial charge in [0.2, 0.25) is 5.91 Å². The fourth-order valence-electron chi connectivity index (χ4n) is 6.62. The minimum Gasteiger partial charge on any atom is -0.497 e. The van der Waals surface area contributed by atoms with Crippen molar-refractivity contribution in [3.8, 4) is 5.75 Å². The lowest BCUT2D eigenvalue weighted by molar-refractivity contribution is -0.146. The molecule has 2 aromatic carbocycles. The number of ether oxygens (including phenoxy) is 2. The Labute approximate surface area is 218 Å². The van der Waals surface area contributed by atoms with Crippen LogP contribution in [0.25, 0.3) is 0 Å². The van der Waals surface area contributed by atoms with Gasteiger partial charge in [-0.1, -0.05) is 19.1 Å². The van der Waals surface area contributed by atoms with E-state index in [0.717, 1.165) is 35.5 Å².